The predicted octanol–water partition coefficient (Wildman–Crippen LogP) is 1.81. The van der Waals surface area contributed by atoms with Gasteiger partial charge in [0.05, 0.1) is 0 Å². The Hall–Kier alpha value is -3.48. The maximum atomic E-state index is 13.2. The highest BCUT2D eigenvalue weighted by Gasteiger charge is 2.41. The predicted molar refractivity (Wildman–Crippen MR) is 140 cm³/mol. The Morgan fingerprint density at radius 2 is 2.05 bits per heavy atom. The highest BCUT2D eigenvalue weighted by Crippen LogP contribution is 2.29. The Balaban J connectivity index is 1.54. The summed E-state index contributed by atoms with van der Waals surface area (Å²) < 4.78 is 28.4. The molecule has 0 saturated carbocycles. The molecule has 4 N–H and O–H groups in total. The number of nitrogens with zero attached hydrogens (tertiary/aromatic N) is 4. The van der Waals surface area contributed by atoms with Crippen LogP contribution in [0.15, 0.2) is 41.6 Å². The molecule has 0 bridgehead atoms. The first-order valence-electron chi connectivity index (χ1n) is 11.4. The summed E-state index contributed by atoms with van der Waals surface area (Å²) in [5.74, 6) is -0.915. The second-order valence-electron chi connectivity index (χ2n) is 9.12. The summed E-state index contributed by atoms with van der Waals surface area (Å²) in [6, 6.07) is 4.21. The van der Waals surface area contributed by atoms with E-state index >= 15 is 0 Å². The molecule has 0 radical (unpaired) electrons. The zero-order valence-corrected chi connectivity index (χ0v) is 22.0. The average Bonchev–Trinajstić information content (AvgIpc) is 3.16. The van der Waals surface area contributed by atoms with E-state index in [0.29, 0.717) is 33.2 Å². The molecule has 1 aliphatic rings. The number of fused-ring (bicyclic) bond motifs is 1. The van der Waals surface area contributed by atoms with Gasteiger partial charge in [0.1, 0.15) is 28.6 Å². The number of hydrogen-bond donors (Lipinski definition) is 3. The van der Waals surface area contributed by atoms with Crippen LogP contribution in [0.5, 0.6) is 0 Å². The van der Waals surface area contributed by atoms with Crippen molar-refractivity contribution in [1.82, 2.24) is 19.6 Å². The van der Waals surface area contributed by atoms with Gasteiger partial charge in [-0.3, -0.25) is 4.79 Å². The summed E-state index contributed by atoms with van der Waals surface area (Å²) in [5, 5.41) is 11.6. The lowest BCUT2D eigenvalue weighted by Crippen LogP contribution is -2.48. The maximum Gasteiger partial charge on any atom is 0.326 e. The van der Waals surface area contributed by atoms with Gasteiger partial charge in [-0.1, -0.05) is 11.6 Å². The summed E-state index contributed by atoms with van der Waals surface area (Å²) in [6.45, 7) is 1.81. The third-order valence-electron chi connectivity index (χ3n) is 6.33. The average molecular weight is 547 g/mol. The van der Waals surface area contributed by atoms with Crippen molar-refractivity contribution >= 4 is 55.9 Å². The monoisotopic (exact) mass is 546 g/mol. The number of aliphatic carboxylic acids is 1. The number of amides is 1. The zero-order valence-electron chi connectivity index (χ0n) is 20.5. The minimum atomic E-state index is -4.07. The van der Waals surface area contributed by atoms with Crippen molar-refractivity contribution in [2.45, 2.75) is 36.7 Å². The van der Waals surface area contributed by atoms with Gasteiger partial charge in [0.2, 0.25) is 15.9 Å². The van der Waals surface area contributed by atoms with Crippen LogP contribution in [-0.4, -0.2) is 73.0 Å². The van der Waals surface area contributed by atoms with Gasteiger partial charge in [-0.25, -0.2) is 23.2 Å². The quantitative estimate of drug-likeness (QED) is 0.383. The van der Waals surface area contributed by atoms with Gasteiger partial charge in [0.15, 0.2) is 0 Å². The Kier molecular flexibility index (Phi) is 7.27. The molecule has 3 heterocycles. The number of carboxylic acids is 1. The largest absolute Gasteiger partial charge is 0.480 e. The smallest absolute Gasteiger partial charge is 0.326 e. The van der Waals surface area contributed by atoms with Crippen molar-refractivity contribution in [3.63, 3.8) is 0 Å². The number of nitrogens with one attached hydrogen (secondary N) is 1. The molecule has 2 aromatic heterocycles. The maximum absolute atomic E-state index is 13.2. The summed E-state index contributed by atoms with van der Waals surface area (Å²) >= 11 is 6.41. The molecule has 1 aromatic carbocycles. The lowest BCUT2D eigenvalue weighted by molar-refractivity contribution is -0.148. The van der Waals surface area contributed by atoms with E-state index in [1.165, 1.54) is 23.4 Å². The molecule has 196 valence electrons. The number of benzene rings is 1. The first-order chi connectivity index (χ1) is 17.4. The van der Waals surface area contributed by atoms with Gasteiger partial charge in [-0.2, -0.15) is 4.72 Å². The van der Waals surface area contributed by atoms with Crippen LogP contribution < -0.4 is 15.4 Å². The molecule has 1 saturated heterocycles. The third kappa shape index (κ3) is 5.31. The molecule has 1 fully saturated rings. The number of carboxylic acid groups (broad SMARTS) is 1. The summed E-state index contributed by atoms with van der Waals surface area (Å²) in [7, 11) is -0.478. The highest BCUT2D eigenvalue weighted by molar-refractivity contribution is 7.89. The Bertz CT molecular complexity index is 1500. The molecule has 1 aliphatic heterocycles. The number of likely N-dealkylation sites (tertiary alicyclic amines) is 1. The van der Waals surface area contributed by atoms with Crippen LogP contribution in [0.3, 0.4) is 0 Å². The van der Waals surface area contributed by atoms with Gasteiger partial charge in [0, 0.05) is 49.9 Å². The van der Waals surface area contributed by atoms with E-state index < -0.39 is 34.0 Å². The molecule has 2 atom stereocenters. The van der Waals surface area contributed by atoms with Crippen molar-refractivity contribution in [3.8, 4) is 0 Å². The molecule has 2 unspecified atom stereocenters. The zero-order chi connectivity index (χ0) is 27.1. The fourth-order valence-electron chi connectivity index (χ4n) is 4.49. The molecule has 0 aliphatic carbocycles. The SMILES string of the molecule is Cc1cc(S(=O)(=O)NC2CCN(C(Cc3cc4ccnc(N)c4cc3Cl)C(=O)O)C2=O)cnc1N(C)C. The number of anilines is 2. The molecule has 4 rings (SSSR count). The second kappa shape index (κ2) is 10.1. The molecular formula is C24H27ClN6O5S. The number of nitrogens with two attached hydrogens (primary N) is 1. The summed E-state index contributed by atoms with van der Waals surface area (Å²) in [6.07, 6.45) is 2.83. The van der Waals surface area contributed by atoms with Gasteiger partial charge in [-0.15, -0.1) is 0 Å². The Morgan fingerprint density at radius 1 is 1.32 bits per heavy atom. The molecule has 11 nitrogen and oxygen atoms in total. The van der Waals surface area contributed by atoms with Crippen molar-refractivity contribution in [2.24, 2.45) is 0 Å². The van der Waals surface area contributed by atoms with Crippen LogP contribution in [0.1, 0.15) is 17.5 Å². The molecule has 0 spiro atoms. The minimum Gasteiger partial charge on any atom is -0.480 e. The molecule has 3 aromatic rings. The lowest BCUT2D eigenvalue weighted by atomic mass is 10.0. The number of rotatable bonds is 8. The number of nitrogen functional groups attached to an aromatic ring is 1. The van der Waals surface area contributed by atoms with E-state index in [-0.39, 0.29) is 24.3 Å². The topological polar surface area (TPSA) is 159 Å². The van der Waals surface area contributed by atoms with E-state index in [9.17, 15) is 23.1 Å². The van der Waals surface area contributed by atoms with Crippen LogP contribution >= 0.6 is 11.6 Å². The molecule has 1 amide bonds. The minimum absolute atomic E-state index is 0.0628. The third-order valence-corrected chi connectivity index (χ3v) is 8.12. The van der Waals surface area contributed by atoms with Crippen LogP contribution in [-0.2, 0) is 26.0 Å². The number of carbonyl (C=O) groups is 2. The van der Waals surface area contributed by atoms with Gasteiger partial charge >= 0.3 is 5.97 Å². The fraction of sp³-hybridized carbons (Fsp3) is 0.333. The van der Waals surface area contributed by atoms with Gasteiger partial charge < -0.3 is 20.6 Å². The van der Waals surface area contributed by atoms with E-state index in [4.69, 9.17) is 17.3 Å². The highest BCUT2D eigenvalue weighted by atomic mass is 35.5. The van der Waals surface area contributed by atoms with E-state index in [0.717, 1.165) is 5.39 Å². The van der Waals surface area contributed by atoms with Crippen LogP contribution in [0.4, 0.5) is 11.6 Å². The van der Waals surface area contributed by atoms with Crippen molar-refractivity contribution in [1.29, 1.82) is 0 Å². The van der Waals surface area contributed by atoms with Crippen LogP contribution in [0.25, 0.3) is 10.8 Å². The number of hydrogen-bond acceptors (Lipinski definition) is 8. The van der Waals surface area contributed by atoms with Crippen LogP contribution in [0, 0.1) is 6.92 Å². The van der Waals surface area contributed by atoms with Gasteiger partial charge in [-0.05, 0) is 54.1 Å². The van der Waals surface area contributed by atoms with Crippen LogP contribution in [0.2, 0.25) is 5.02 Å². The van der Waals surface area contributed by atoms with Crippen molar-refractivity contribution < 1.29 is 23.1 Å². The first kappa shape index (κ1) is 26.6. The fourth-order valence-corrected chi connectivity index (χ4v) is 5.99. The number of aromatic nitrogens is 2. The van der Waals surface area contributed by atoms with Gasteiger partial charge in [0.25, 0.3) is 0 Å². The number of aryl methyl sites for hydroxylation is 1. The Labute approximate surface area is 219 Å². The normalized spacial score (nSPS) is 16.8. The Morgan fingerprint density at radius 3 is 2.70 bits per heavy atom. The van der Waals surface area contributed by atoms with Crippen molar-refractivity contribution in [3.05, 3.63) is 52.8 Å². The standard InChI is InChI=1S/C24H27ClN6O5S/c1-13-8-16(12-28-22(13)30(2)3)37(35,36)29-19-5-7-31(23(19)32)20(24(33)34)10-15-9-14-4-6-27-21(26)17(14)11-18(15)25/h4,6,8-9,11-12,19-20,29H,5,7,10H2,1-3H3,(H2,26,27)(H,33,34). The summed E-state index contributed by atoms with van der Waals surface area (Å²) in [4.78, 5) is 36.4. The molecule has 37 heavy (non-hydrogen) atoms. The number of sulfonamides is 1. The molecular weight excluding hydrogens is 520 g/mol. The second-order valence-corrected chi connectivity index (χ2v) is 11.2. The van der Waals surface area contributed by atoms with E-state index in [1.54, 1.807) is 44.1 Å². The number of halogens is 1. The number of carbonyl (C=O) groups excluding carboxylic acids is 1. The lowest BCUT2D eigenvalue weighted by Gasteiger charge is -2.25. The van der Waals surface area contributed by atoms with Crippen molar-refractivity contribution in [2.75, 3.05) is 31.3 Å². The number of pyridine rings is 2. The first-order valence-corrected chi connectivity index (χ1v) is 13.3. The molecule has 13 heteroatoms. The van der Waals surface area contributed by atoms with E-state index in [2.05, 4.69) is 14.7 Å². The summed E-state index contributed by atoms with van der Waals surface area (Å²) in [5.41, 5.74) is 7.08. The van der Waals surface area contributed by atoms with E-state index in [1.807, 2.05) is 0 Å².